The number of hydrogen-bond acceptors (Lipinski definition) is 3. The van der Waals surface area contributed by atoms with Gasteiger partial charge in [0.25, 0.3) is 0 Å². The van der Waals surface area contributed by atoms with Crippen LogP contribution in [0.2, 0.25) is 0 Å². The van der Waals surface area contributed by atoms with Gasteiger partial charge in [-0.3, -0.25) is 0 Å². The molecule has 1 unspecified atom stereocenters. The number of aromatic nitrogens is 2. The molecule has 4 nitrogen and oxygen atoms in total. The summed E-state index contributed by atoms with van der Waals surface area (Å²) in [5.41, 5.74) is 0.828. The summed E-state index contributed by atoms with van der Waals surface area (Å²) in [6, 6.07) is 5.78. The van der Waals surface area contributed by atoms with E-state index in [-0.39, 0.29) is 12.4 Å². The van der Waals surface area contributed by atoms with E-state index >= 15 is 0 Å². The van der Waals surface area contributed by atoms with Gasteiger partial charge in [-0.05, 0) is 32.9 Å². The fraction of sp³-hybridized carbons (Fsp3) is 0.417. The topological polar surface area (TPSA) is 47.1 Å². The van der Waals surface area contributed by atoms with Gasteiger partial charge in [0.15, 0.2) is 6.29 Å². The van der Waals surface area contributed by atoms with Gasteiger partial charge in [0, 0.05) is 17.6 Å². The first-order valence-corrected chi connectivity index (χ1v) is 5.41. The number of H-pyrrole nitrogens is 1. The molecule has 0 radical (unpaired) electrons. The standard InChI is InChI=1S/C12H16N2O2/c1-8(2)15-9(3)16-11-5-4-10-6-7-13-12(10)14-11/h4-9H,1-3H3,(H,13,14). The highest BCUT2D eigenvalue weighted by Crippen LogP contribution is 2.16. The number of pyridine rings is 1. The van der Waals surface area contributed by atoms with E-state index in [1.165, 1.54) is 0 Å². The zero-order valence-corrected chi connectivity index (χ0v) is 9.73. The lowest BCUT2D eigenvalue weighted by atomic mass is 10.3. The SMILES string of the molecule is CC(C)OC(C)Oc1ccc2cc[nH]c2n1. The van der Waals surface area contributed by atoms with Crippen LogP contribution in [0.3, 0.4) is 0 Å². The molecule has 2 rings (SSSR count). The Hall–Kier alpha value is -1.55. The highest BCUT2D eigenvalue weighted by molar-refractivity contribution is 5.75. The summed E-state index contributed by atoms with van der Waals surface area (Å²) in [6.07, 6.45) is 1.71. The molecule has 0 spiro atoms. The van der Waals surface area contributed by atoms with Gasteiger partial charge in [0.05, 0.1) is 6.10 Å². The van der Waals surface area contributed by atoms with Crippen molar-refractivity contribution in [2.75, 3.05) is 0 Å². The molecule has 2 heterocycles. The van der Waals surface area contributed by atoms with Crippen molar-refractivity contribution in [1.29, 1.82) is 0 Å². The number of fused-ring (bicyclic) bond motifs is 1. The van der Waals surface area contributed by atoms with Gasteiger partial charge in [0.1, 0.15) is 5.65 Å². The first kappa shape index (κ1) is 11.0. The van der Waals surface area contributed by atoms with Crippen LogP contribution in [0.4, 0.5) is 0 Å². The number of nitrogens with zero attached hydrogens (tertiary/aromatic N) is 1. The van der Waals surface area contributed by atoms with Crippen LogP contribution >= 0.6 is 0 Å². The van der Waals surface area contributed by atoms with E-state index in [0.717, 1.165) is 11.0 Å². The molecule has 0 bridgehead atoms. The Morgan fingerprint density at radius 2 is 2.00 bits per heavy atom. The quantitative estimate of drug-likeness (QED) is 0.806. The molecule has 0 fully saturated rings. The lowest BCUT2D eigenvalue weighted by Crippen LogP contribution is -2.20. The molecule has 0 amide bonds. The molecule has 0 saturated heterocycles. The number of aromatic amines is 1. The van der Waals surface area contributed by atoms with Gasteiger partial charge in [-0.15, -0.1) is 0 Å². The number of nitrogens with one attached hydrogen (secondary N) is 1. The third-order valence-corrected chi connectivity index (χ3v) is 2.13. The molecule has 0 aliphatic heterocycles. The molecule has 0 aliphatic rings. The predicted octanol–water partition coefficient (Wildman–Crippen LogP) is 2.71. The fourth-order valence-electron chi connectivity index (χ4n) is 1.56. The molecule has 16 heavy (non-hydrogen) atoms. The number of hydrogen-bond donors (Lipinski definition) is 1. The van der Waals surface area contributed by atoms with Gasteiger partial charge in [-0.1, -0.05) is 0 Å². The second-order valence-corrected chi connectivity index (χ2v) is 3.94. The van der Waals surface area contributed by atoms with Crippen LogP contribution in [0.5, 0.6) is 5.88 Å². The Labute approximate surface area is 94.6 Å². The summed E-state index contributed by atoms with van der Waals surface area (Å²) >= 11 is 0. The lowest BCUT2D eigenvalue weighted by molar-refractivity contribution is -0.0968. The van der Waals surface area contributed by atoms with Gasteiger partial charge in [-0.2, -0.15) is 4.98 Å². The van der Waals surface area contributed by atoms with Crippen LogP contribution in [-0.4, -0.2) is 22.4 Å². The third kappa shape index (κ3) is 2.52. The average Bonchev–Trinajstić information content (AvgIpc) is 2.63. The maximum atomic E-state index is 5.55. The molecular formula is C12H16N2O2. The van der Waals surface area contributed by atoms with Crippen LogP contribution in [-0.2, 0) is 4.74 Å². The Morgan fingerprint density at radius 3 is 2.75 bits per heavy atom. The molecule has 0 saturated carbocycles. The lowest BCUT2D eigenvalue weighted by Gasteiger charge is -2.16. The van der Waals surface area contributed by atoms with Crippen molar-refractivity contribution in [2.45, 2.75) is 33.2 Å². The first-order chi connectivity index (χ1) is 7.65. The highest BCUT2D eigenvalue weighted by Gasteiger charge is 2.07. The second-order valence-electron chi connectivity index (χ2n) is 3.94. The fourth-order valence-corrected chi connectivity index (χ4v) is 1.56. The summed E-state index contributed by atoms with van der Waals surface area (Å²) < 4.78 is 11.0. The van der Waals surface area contributed by atoms with E-state index in [9.17, 15) is 0 Å². The van der Waals surface area contributed by atoms with Crippen molar-refractivity contribution in [2.24, 2.45) is 0 Å². The number of rotatable bonds is 4. The Kier molecular flexibility index (Phi) is 3.10. The normalized spacial score (nSPS) is 13.2. The Balaban J connectivity index is 2.08. The minimum atomic E-state index is -0.292. The molecule has 86 valence electrons. The van der Waals surface area contributed by atoms with Crippen LogP contribution in [0.15, 0.2) is 24.4 Å². The summed E-state index contributed by atoms with van der Waals surface area (Å²) in [6.45, 7) is 5.81. The molecule has 2 aromatic rings. The van der Waals surface area contributed by atoms with Crippen molar-refractivity contribution in [3.63, 3.8) is 0 Å². The highest BCUT2D eigenvalue weighted by atomic mass is 16.7. The molecule has 0 aromatic carbocycles. The zero-order valence-electron chi connectivity index (χ0n) is 9.73. The van der Waals surface area contributed by atoms with Gasteiger partial charge >= 0.3 is 0 Å². The van der Waals surface area contributed by atoms with E-state index in [0.29, 0.717) is 5.88 Å². The monoisotopic (exact) mass is 220 g/mol. The van der Waals surface area contributed by atoms with Crippen molar-refractivity contribution in [3.05, 3.63) is 24.4 Å². The van der Waals surface area contributed by atoms with Crippen molar-refractivity contribution in [1.82, 2.24) is 9.97 Å². The van der Waals surface area contributed by atoms with E-state index in [1.807, 2.05) is 45.2 Å². The molecular weight excluding hydrogens is 204 g/mol. The summed E-state index contributed by atoms with van der Waals surface area (Å²) in [5, 5.41) is 1.07. The van der Waals surface area contributed by atoms with Gasteiger partial charge in [-0.25, -0.2) is 0 Å². The minimum Gasteiger partial charge on any atom is -0.448 e. The summed E-state index contributed by atoms with van der Waals surface area (Å²) in [5.74, 6) is 0.572. The molecule has 4 heteroatoms. The van der Waals surface area contributed by atoms with Gasteiger partial charge < -0.3 is 14.5 Å². The van der Waals surface area contributed by atoms with E-state index in [4.69, 9.17) is 9.47 Å². The zero-order chi connectivity index (χ0) is 11.5. The van der Waals surface area contributed by atoms with E-state index < -0.39 is 0 Å². The summed E-state index contributed by atoms with van der Waals surface area (Å²) in [4.78, 5) is 7.37. The minimum absolute atomic E-state index is 0.143. The predicted molar refractivity (Wildman–Crippen MR) is 62.4 cm³/mol. The maximum absolute atomic E-state index is 5.55. The van der Waals surface area contributed by atoms with Crippen molar-refractivity contribution < 1.29 is 9.47 Å². The van der Waals surface area contributed by atoms with Crippen LogP contribution < -0.4 is 4.74 Å². The smallest absolute Gasteiger partial charge is 0.217 e. The van der Waals surface area contributed by atoms with E-state index in [1.54, 1.807) is 0 Å². The Bertz CT molecular complexity index is 465. The average molecular weight is 220 g/mol. The number of ether oxygens (including phenoxy) is 2. The largest absolute Gasteiger partial charge is 0.448 e. The second kappa shape index (κ2) is 4.53. The molecule has 2 aromatic heterocycles. The molecule has 1 atom stereocenters. The van der Waals surface area contributed by atoms with Crippen molar-refractivity contribution in [3.8, 4) is 5.88 Å². The first-order valence-electron chi connectivity index (χ1n) is 5.41. The third-order valence-electron chi connectivity index (χ3n) is 2.13. The maximum Gasteiger partial charge on any atom is 0.217 e. The van der Waals surface area contributed by atoms with Crippen molar-refractivity contribution >= 4 is 11.0 Å². The summed E-state index contributed by atoms with van der Waals surface area (Å²) in [7, 11) is 0. The van der Waals surface area contributed by atoms with Crippen LogP contribution in [0, 0.1) is 0 Å². The van der Waals surface area contributed by atoms with Crippen LogP contribution in [0.25, 0.3) is 11.0 Å². The Morgan fingerprint density at radius 1 is 1.19 bits per heavy atom. The van der Waals surface area contributed by atoms with Gasteiger partial charge in [0.2, 0.25) is 5.88 Å². The molecule has 1 N–H and O–H groups in total. The van der Waals surface area contributed by atoms with E-state index in [2.05, 4.69) is 9.97 Å². The van der Waals surface area contributed by atoms with Crippen LogP contribution in [0.1, 0.15) is 20.8 Å². The molecule has 0 aliphatic carbocycles.